The van der Waals surface area contributed by atoms with Gasteiger partial charge in [-0.05, 0) is 12.1 Å². The third-order valence-electron chi connectivity index (χ3n) is 3.56. The predicted molar refractivity (Wildman–Crippen MR) is 80.3 cm³/mol. The van der Waals surface area contributed by atoms with Gasteiger partial charge in [0.15, 0.2) is 0 Å². The van der Waals surface area contributed by atoms with Gasteiger partial charge in [0.2, 0.25) is 12.3 Å². The smallest absolute Gasteiger partial charge is 0.225 e. The fourth-order valence-corrected chi connectivity index (χ4v) is 2.28. The van der Waals surface area contributed by atoms with Gasteiger partial charge in [0, 0.05) is 50.9 Å². The highest BCUT2D eigenvalue weighted by Crippen LogP contribution is 2.16. The Balaban J connectivity index is 1.73. The summed E-state index contributed by atoms with van der Waals surface area (Å²) in [6.45, 7) is 3.83. The van der Waals surface area contributed by atoms with Crippen molar-refractivity contribution in [1.29, 1.82) is 0 Å². The first-order valence-corrected chi connectivity index (χ1v) is 7.07. The largest absolute Gasteiger partial charge is 0.497 e. The number of rotatable bonds is 6. The maximum Gasteiger partial charge on any atom is 0.225 e. The van der Waals surface area contributed by atoms with Gasteiger partial charge in [0.05, 0.1) is 7.11 Å². The number of carbonyl (C=O) groups is 2. The number of anilines is 1. The zero-order valence-corrected chi connectivity index (χ0v) is 12.2. The second-order valence-electron chi connectivity index (χ2n) is 5.01. The van der Waals surface area contributed by atoms with Crippen LogP contribution in [0.25, 0.3) is 0 Å². The summed E-state index contributed by atoms with van der Waals surface area (Å²) < 4.78 is 5.12. The summed E-state index contributed by atoms with van der Waals surface area (Å²) in [6.07, 6.45) is 1.32. The molecule has 1 aromatic carbocycles. The molecule has 114 valence electrons. The topological polar surface area (TPSA) is 61.9 Å². The van der Waals surface area contributed by atoms with Crippen LogP contribution < -0.4 is 10.1 Å². The Hall–Kier alpha value is -2.08. The number of methoxy groups -OCH3 is 1. The van der Waals surface area contributed by atoms with Gasteiger partial charge in [-0.3, -0.25) is 14.5 Å². The lowest BCUT2D eigenvalue weighted by Gasteiger charge is -2.32. The maximum atomic E-state index is 11.9. The van der Waals surface area contributed by atoms with Crippen LogP contribution in [0.5, 0.6) is 5.75 Å². The first-order chi connectivity index (χ1) is 10.2. The van der Waals surface area contributed by atoms with Crippen LogP contribution in [0.4, 0.5) is 5.69 Å². The summed E-state index contributed by atoms with van der Waals surface area (Å²) in [5.74, 6) is 0.707. The standard InChI is InChI=1S/C15H21N3O3/c1-21-14-4-2-3-13(11-14)16-15(20)5-6-17-7-9-18(12-19)10-8-17/h2-4,11-12H,5-10H2,1H3,(H,16,20). The monoisotopic (exact) mass is 291 g/mol. The van der Waals surface area contributed by atoms with Crippen LogP contribution in [-0.2, 0) is 9.59 Å². The Labute approximate surface area is 124 Å². The highest BCUT2D eigenvalue weighted by atomic mass is 16.5. The molecule has 0 radical (unpaired) electrons. The van der Waals surface area contributed by atoms with Crippen molar-refractivity contribution in [2.75, 3.05) is 45.2 Å². The lowest BCUT2D eigenvalue weighted by Crippen LogP contribution is -2.46. The summed E-state index contributed by atoms with van der Waals surface area (Å²) in [7, 11) is 1.60. The molecule has 0 aromatic heterocycles. The number of hydrogen-bond donors (Lipinski definition) is 1. The van der Waals surface area contributed by atoms with Crippen LogP contribution in [0, 0.1) is 0 Å². The van der Waals surface area contributed by atoms with Gasteiger partial charge < -0.3 is 15.0 Å². The predicted octanol–water partition coefficient (Wildman–Crippen LogP) is 0.798. The molecule has 0 bridgehead atoms. The highest BCUT2D eigenvalue weighted by molar-refractivity contribution is 5.91. The van der Waals surface area contributed by atoms with Crippen LogP contribution in [0.3, 0.4) is 0 Å². The van der Waals surface area contributed by atoms with Gasteiger partial charge in [-0.2, -0.15) is 0 Å². The van der Waals surface area contributed by atoms with Gasteiger partial charge in [-0.1, -0.05) is 6.07 Å². The number of nitrogens with zero attached hydrogens (tertiary/aromatic N) is 2. The summed E-state index contributed by atoms with van der Waals surface area (Å²) in [5, 5.41) is 2.86. The molecule has 1 aromatic rings. The molecule has 1 aliphatic rings. The second-order valence-corrected chi connectivity index (χ2v) is 5.01. The van der Waals surface area contributed by atoms with E-state index < -0.39 is 0 Å². The molecule has 1 fully saturated rings. The fraction of sp³-hybridized carbons (Fsp3) is 0.467. The minimum atomic E-state index is -0.0129. The average Bonchev–Trinajstić information content (AvgIpc) is 2.53. The van der Waals surface area contributed by atoms with Crippen LogP contribution in [0.15, 0.2) is 24.3 Å². The molecule has 21 heavy (non-hydrogen) atoms. The molecule has 2 rings (SSSR count). The maximum absolute atomic E-state index is 11.9. The van der Waals surface area contributed by atoms with E-state index in [-0.39, 0.29) is 5.91 Å². The molecule has 0 atom stereocenters. The van der Waals surface area contributed by atoms with E-state index in [0.717, 1.165) is 44.0 Å². The van der Waals surface area contributed by atoms with E-state index in [1.54, 1.807) is 18.1 Å². The first-order valence-electron chi connectivity index (χ1n) is 7.07. The van der Waals surface area contributed by atoms with Crippen molar-refractivity contribution in [3.63, 3.8) is 0 Å². The van der Waals surface area contributed by atoms with Gasteiger partial charge in [-0.25, -0.2) is 0 Å². The van der Waals surface area contributed by atoms with E-state index in [4.69, 9.17) is 4.74 Å². The van der Waals surface area contributed by atoms with Crippen LogP contribution in [-0.4, -0.2) is 62.0 Å². The Morgan fingerprint density at radius 2 is 2.10 bits per heavy atom. The molecule has 1 aliphatic heterocycles. The van der Waals surface area contributed by atoms with E-state index in [1.165, 1.54) is 0 Å². The van der Waals surface area contributed by atoms with Crippen molar-refractivity contribution in [2.24, 2.45) is 0 Å². The third-order valence-corrected chi connectivity index (χ3v) is 3.56. The molecule has 2 amide bonds. The zero-order chi connectivity index (χ0) is 15.1. The van der Waals surface area contributed by atoms with Crippen LogP contribution in [0.2, 0.25) is 0 Å². The molecule has 0 unspecified atom stereocenters. The molecule has 0 spiro atoms. The van der Waals surface area contributed by atoms with Crippen molar-refractivity contribution in [3.05, 3.63) is 24.3 Å². The molecule has 6 nitrogen and oxygen atoms in total. The number of hydrogen-bond acceptors (Lipinski definition) is 4. The van der Waals surface area contributed by atoms with Crippen molar-refractivity contribution < 1.29 is 14.3 Å². The van der Waals surface area contributed by atoms with Crippen LogP contribution in [0.1, 0.15) is 6.42 Å². The number of amides is 2. The Bertz CT molecular complexity index is 485. The number of benzene rings is 1. The van der Waals surface area contributed by atoms with E-state index in [9.17, 15) is 9.59 Å². The lowest BCUT2D eigenvalue weighted by atomic mass is 10.2. The third kappa shape index (κ3) is 4.75. The SMILES string of the molecule is COc1cccc(NC(=O)CCN2CCN(C=O)CC2)c1. The number of carbonyl (C=O) groups excluding carboxylic acids is 2. The summed E-state index contributed by atoms with van der Waals surface area (Å²) in [4.78, 5) is 26.5. The van der Waals surface area contributed by atoms with Crippen molar-refractivity contribution in [2.45, 2.75) is 6.42 Å². The molecule has 0 saturated carbocycles. The van der Waals surface area contributed by atoms with Gasteiger partial charge in [-0.15, -0.1) is 0 Å². The molecule has 6 heteroatoms. The molecular formula is C15H21N3O3. The lowest BCUT2D eigenvalue weighted by molar-refractivity contribution is -0.120. The van der Waals surface area contributed by atoms with Crippen molar-refractivity contribution in [1.82, 2.24) is 9.80 Å². The minimum Gasteiger partial charge on any atom is -0.497 e. The van der Waals surface area contributed by atoms with Crippen molar-refractivity contribution >= 4 is 18.0 Å². The Morgan fingerprint density at radius 3 is 2.76 bits per heavy atom. The van der Waals surface area contributed by atoms with Gasteiger partial charge in [0.1, 0.15) is 5.75 Å². The Kier molecular flexibility index (Phi) is 5.57. The van der Waals surface area contributed by atoms with Gasteiger partial charge >= 0.3 is 0 Å². The first kappa shape index (κ1) is 15.3. The zero-order valence-electron chi connectivity index (χ0n) is 12.2. The summed E-state index contributed by atoms with van der Waals surface area (Å²) in [5.41, 5.74) is 0.741. The average molecular weight is 291 g/mol. The number of ether oxygens (including phenoxy) is 1. The molecule has 0 aliphatic carbocycles. The summed E-state index contributed by atoms with van der Waals surface area (Å²) in [6, 6.07) is 7.30. The second kappa shape index (κ2) is 7.64. The minimum absolute atomic E-state index is 0.0129. The van der Waals surface area contributed by atoms with Crippen LogP contribution >= 0.6 is 0 Å². The quantitative estimate of drug-likeness (QED) is 0.788. The summed E-state index contributed by atoms with van der Waals surface area (Å²) >= 11 is 0. The highest BCUT2D eigenvalue weighted by Gasteiger charge is 2.16. The molecule has 1 saturated heterocycles. The number of piperazine rings is 1. The molecular weight excluding hydrogens is 270 g/mol. The van der Waals surface area contributed by atoms with E-state index in [2.05, 4.69) is 10.2 Å². The van der Waals surface area contributed by atoms with E-state index in [1.807, 2.05) is 18.2 Å². The van der Waals surface area contributed by atoms with E-state index >= 15 is 0 Å². The molecule has 1 N–H and O–H groups in total. The molecule has 1 heterocycles. The van der Waals surface area contributed by atoms with Gasteiger partial charge in [0.25, 0.3) is 0 Å². The van der Waals surface area contributed by atoms with E-state index in [0.29, 0.717) is 13.0 Å². The number of nitrogens with one attached hydrogen (secondary N) is 1. The normalized spacial score (nSPS) is 15.6. The fourth-order valence-electron chi connectivity index (χ4n) is 2.28. The Morgan fingerprint density at radius 1 is 1.33 bits per heavy atom. The van der Waals surface area contributed by atoms with Crippen molar-refractivity contribution in [3.8, 4) is 5.75 Å².